The molecule has 0 aliphatic carbocycles. The van der Waals surface area contributed by atoms with Crippen molar-refractivity contribution in [1.82, 2.24) is 0 Å². The lowest BCUT2D eigenvalue weighted by Gasteiger charge is -2.46. The van der Waals surface area contributed by atoms with E-state index in [4.69, 9.17) is 18.3 Å². The standard InChI is InChI=1S/C41H68O7Si2/c1-30(2)50(31(3)4,32(5)6)48-38-26-25-36(42)21-17-15-19-23-41(44)46-39(35(9)28-34(8)24-27-40(43)45-10)29-33(7)20-16-14-18-22-37(38)47-49(11,12)13/h14,16,19-20,23-28,30-32,35,37-39H,15,17-18,21-22,29H2,1-13H3/t35-,37-,38-,39-/m1/s1. The van der Waals surface area contributed by atoms with Crippen LogP contribution >= 0.6 is 0 Å². The Morgan fingerprint density at radius 1 is 0.920 bits per heavy atom. The van der Waals surface area contributed by atoms with Gasteiger partial charge in [-0.3, -0.25) is 4.79 Å². The Morgan fingerprint density at radius 2 is 1.56 bits per heavy atom. The number of hydrogen-bond acceptors (Lipinski definition) is 7. The predicted molar refractivity (Wildman–Crippen MR) is 212 cm³/mol. The number of cyclic esters (lactones) is 1. The van der Waals surface area contributed by atoms with E-state index in [2.05, 4.69) is 79.4 Å². The molecule has 0 unspecified atom stereocenters. The minimum atomic E-state index is -2.29. The highest BCUT2D eigenvalue weighted by Crippen LogP contribution is 2.44. The lowest BCUT2D eigenvalue weighted by molar-refractivity contribution is -0.144. The first kappa shape index (κ1) is 45.4. The van der Waals surface area contributed by atoms with Crippen molar-refractivity contribution in [3.8, 4) is 0 Å². The SMILES string of the molecule is COC(=O)C=CC(C)=C[C@@H](C)[C@H]1CC(C)=CC=CCC[C@@H](O[Si](C)(C)C)[C@H](O[Si](C(C)C)(C(C)C)C(C)C)C=CC(=O)CCCC=CC(=O)O1. The van der Waals surface area contributed by atoms with E-state index >= 15 is 0 Å². The van der Waals surface area contributed by atoms with Crippen molar-refractivity contribution >= 4 is 34.4 Å². The molecule has 0 spiro atoms. The van der Waals surface area contributed by atoms with Crippen LogP contribution in [0.15, 0.2) is 71.9 Å². The van der Waals surface area contributed by atoms with Crippen molar-refractivity contribution in [3.05, 3.63) is 71.9 Å². The Kier molecular flexibility index (Phi) is 20.3. The fourth-order valence-corrected chi connectivity index (χ4v) is 13.5. The van der Waals surface area contributed by atoms with Crippen LogP contribution in [0.1, 0.15) is 101 Å². The lowest BCUT2D eigenvalue weighted by atomic mass is 9.95. The molecule has 0 radical (unpaired) electrons. The van der Waals surface area contributed by atoms with Gasteiger partial charge in [0.1, 0.15) is 6.10 Å². The molecule has 7 nitrogen and oxygen atoms in total. The highest BCUT2D eigenvalue weighted by molar-refractivity contribution is 6.77. The van der Waals surface area contributed by atoms with Gasteiger partial charge in [-0.05, 0) is 81.9 Å². The number of hydrogen-bond donors (Lipinski definition) is 0. The third kappa shape index (κ3) is 16.6. The summed E-state index contributed by atoms with van der Waals surface area (Å²) in [5.74, 6) is -0.910. The normalized spacial score (nSPS) is 22.3. The van der Waals surface area contributed by atoms with Crippen LogP contribution in [-0.4, -0.2) is 59.8 Å². The van der Waals surface area contributed by atoms with E-state index in [0.29, 0.717) is 42.3 Å². The highest BCUT2D eigenvalue weighted by Gasteiger charge is 2.47. The minimum Gasteiger partial charge on any atom is -0.466 e. The first-order valence-corrected chi connectivity index (χ1v) is 24.1. The molecule has 0 bridgehead atoms. The van der Waals surface area contributed by atoms with Crippen molar-refractivity contribution in [2.75, 3.05) is 7.11 Å². The van der Waals surface area contributed by atoms with Crippen LogP contribution in [0.25, 0.3) is 0 Å². The third-order valence-corrected chi connectivity index (χ3v) is 16.3. The number of carbonyl (C=O) groups excluding carboxylic acids is 3. The summed E-state index contributed by atoms with van der Waals surface area (Å²) < 4.78 is 24.8. The summed E-state index contributed by atoms with van der Waals surface area (Å²) >= 11 is 0. The Labute approximate surface area is 306 Å². The van der Waals surface area contributed by atoms with Crippen molar-refractivity contribution in [1.29, 1.82) is 0 Å². The summed E-state index contributed by atoms with van der Waals surface area (Å²) in [5.41, 5.74) is 3.14. The van der Waals surface area contributed by atoms with Crippen LogP contribution < -0.4 is 0 Å². The average molecular weight is 729 g/mol. The summed E-state index contributed by atoms with van der Waals surface area (Å²) in [4.78, 5) is 37.6. The Hall–Kier alpha value is -2.60. The molecule has 4 atom stereocenters. The molecule has 50 heavy (non-hydrogen) atoms. The van der Waals surface area contributed by atoms with Gasteiger partial charge in [-0.15, -0.1) is 0 Å². The molecule has 0 fully saturated rings. The second-order valence-electron chi connectivity index (χ2n) is 15.6. The summed E-state index contributed by atoms with van der Waals surface area (Å²) in [5, 5.41) is 0. The van der Waals surface area contributed by atoms with E-state index in [9.17, 15) is 14.4 Å². The largest absolute Gasteiger partial charge is 0.466 e. The molecular formula is C41H68O7Si2. The maximum absolute atomic E-state index is 13.1. The number of allylic oxidation sites excluding steroid dienone is 7. The van der Waals surface area contributed by atoms with Gasteiger partial charge in [-0.2, -0.15) is 0 Å². The number of rotatable bonds is 11. The van der Waals surface area contributed by atoms with Gasteiger partial charge in [0.2, 0.25) is 8.32 Å². The van der Waals surface area contributed by atoms with Gasteiger partial charge >= 0.3 is 11.9 Å². The fourth-order valence-electron chi connectivity index (χ4n) is 6.83. The number of carbonyl (C=O) groups is 3. The second-order valence-corrected chi connectivity index (χ2v) is 25.5. The number of ketones is 1. The molecule has 1 rings (SSSR count). The van der Waals surface area contributed by atoms with Crippen LogP contribution in [0.5, 0.6) is 0 Å². The van der Waals surface area contributed by atoms with E-state index in [1.54, 1.807) is 18.2 Å². The van der Waals surface area contributed by atoms with Crippen LogP contribution in [0, 0.1) is 5.92 Å². The maximum Gasteiger partial charge on any atom is 0.330 e. The van der Waals surface area contributed by atoms with Gasteiger partial charge in [0.15, 0.2) is 14.1 Å². The quantitative estimate of drug-likeness (QED) is 0.0905. The number of esters is 2. The second kappa shape index (κ2) is 22.4. The van der Waals surface area contributed by atoms with E-state index < -0.39 is 34.7 Å². The van der Waals surface area contributed by atoms with Crippen molar-refractivity contribution in [2.24, 2.45) is 5.92 Å². The molecule has 0 aromatic rings. The molecule has 0 N–H and O–H groups in total. The molecule has 0 aromatic carbocycles. The van der Waals surface area contributed by atoms with E-state index in [1.807, 2.05) is 32.9 Å². The highest BCUT2D eigenvalue weighted by atomic mass is 28.4. The lowest BCUT2D eigenvalue weighted by Crippen LogP contribution is -2.53. The smallest absolute Gasteiger partial charge is 0.330 e. The summed E-state index contributed by atoms with van der Waals surface area (Å²) in [6, 6.07) is 0. The molecule has 0 amide bonds. The Bertz CT molecular complexity index is 1240. The predicted octanol–water partition coefficient (Wildman–Crippen LogP) is 10.5. The molecule has 0 aromatic heterocycles. The maximum atomic E-state index is 13.1. The van der Waals surface area contributed by atoms with Gasteiger partial charge in [0.25, 0.3) is 0 Å². The number of ether oxygens (including phenoxy) is 2. The van der Waals surface area contributed by atoms with Crippen LogP contribution in [0.3, 0.4) is 0 Å². The van der Waals surface area contributed by atoms with E-state index in [1.165, 1.54) is 19.3 Å². The Morgan fingerprint density at radius 3 is 2.14 bits per heavy atom. The minimum absolute atomic E-state index is 0.0412. The fraction of sp³-hybridized carbons (Fsp3) is 0.634. The monoisotopic (exact) mass is 728 g/mol. The van der Waals surface area contributed by atoms with Gasteiger partial charge in [-0.1, -0.05) is 102 Å². The Balaban J connectivity index is 3.52. The number of methoxy groups -OCH3 is 1. The molecule has 1 aliphatic rings. The molecular weight excluding hydrogens is 661 g/mol. The molecule has 9 heteroatoms. The zero-order valence-electron chi connectivity index (χ0n) is 33.4. The first-order valence-electron chi connectivity index (χ1n) is 18.5. The average Bonchev–Trinajstić information content (AvgIpc) is 3.00. The van der Waals surface area contributed by atoms with Gasteiger partial charge in [-0.25, -0.2) is 9.59 Å². The van der Waals surface area contributed by atoms with Crippen LogP contribution in [-0.2, 0) is 32.7 Å². The van der Waals surface area contributed by atoms with Crippen molar-refractivity contribution < 1.29 is 32.7 Å². The molecule has 1 heterocycles. The van der Waals surface area contributed by atoms with Crippen LogP contribution in [0.2, 0.25) is 36.3 Å². The summed E-state index contributed by atoms with van der Waals surface area (Å²) in [7, 11) is -2.91. The van der Waals surface area contributed by atoms with E-state index in [0.717, 1.165) is 24.0 Å². The van der Waals surface area contributed by atoms with Crippen molar-refractivity contribution in [2.45, 2.75) is 155 Å². The molecule has 0 saturated carbocycles. The first-order chi connectivity index (χ1) is 23.3. The van der Waals surface area contributed by atoms with Crippen molar-refractivity contribution in [3.63, 3.8) is 0 Å². The summed E-state index contributed by atoms with van der Waals surface area (Å²) in [6.07, 6.45) is 21.1. The third-order valence-electron chi connectivity index (χ3n) is 9.16. The summed E-state index contributed by atoms with van der Waals surface area (Å²) in [6.45, 7) is 26.3. The van der Waals surface area contributed by atoms with Gasteiger partial charge in [0.05, 0.1) is 19.3 Å². The molecule has 282 valence electrons. The molecule has 1 aliphatic heterocycles. The zero-order chi connectivity index (χ0) is 38.1. The molecule has 0 saturated heterocycles. The van der Waals surface area contributed by atoms with Crippen LogP contribution in [0.4, 0.5) is 0 Å². The topological polar surface area (TPSA) is 88.1 Å². The van der Waals surface area contributed by atoms with E-state index in [-0.39, 0.29) is 23.9 Å². The van der Waals surface area contributed by atoms with Gasteiger partial charge in [0, 0.05) is 30.9 Å². The zero-order valence-corrected chi connectivity index (χ0v) is 35.4. The van der Waals surface area contributed by atoms with Gasteiger partial charge < -0.3 is 18.3 Å².